The highest BCUT2D eigenvalue weighted by molar-refractivity contribution is 7.15. The van der Waals surface area contributed by atoms with E-state index < -0.39 is 0 Å². The molecule has 3 aromatic rings. The number of fused-ring (bicyclic) bond motifs is 1. The summed E-state index contributed by atoms with van der Waals surface area (Å²) >= 11 is 1.41. The van der Waals surface area contributed by atoms with E-state index in [4.69, 9.17) is 0 Å². The van der Waals surface area contributed by atoms with E-state index in [-0.39, 0.29) is 5.91 Å². The number of anilines is 1. The number of nitrogens with one attached hydrogen (secondary N) is 1. The zero-order valence-electron chi connectivity index (χ0n) is 13.3. The van der Waals surface area contributed by atoms with E-state index in [2.05, 4.69) is 32.4 Å². The number of carbonyl (C=O) groups excluding carboxylic acids is 1. The highest BCUT2D eigenvalue weighted by atomic mass is 32.1. The van der Waals surface area contributed by atoms with E-state index >= 15 is 0 Å². The van der Waals surface area contributed by atoms with E-state index in [1.165, 1.54) is 11.3 Å². The molecular formula is C16H17N5OS. The monoisotopic (exact) mass is 327 g/mol. The number of hydrogen-bond acceptors (Lipinski definition) is 6. The molecule has 0 fully saturated rings. The molecule has 7 heteroatoms. The molecule has 0 aliphatic carbocycles. The van der Waals surface area contributed by atoms with Crippen LogP contribution in [0.1, 0.15) is 40.1 Å². The van der Waals surface area contributed by atoms with Gasteiger partial charge in [0.15, 0.2) is 0 Å². The van der Waals surface area contributed by atoms with E-state index in [1.54, 1.807) is 12.1 Å². The summed E-state index contributed by atoms with van der Waals surface area (Å²) in [6, 6.07) is 5.31. The largest absolute Gasteiger partial charge is 0.296 e. The fourth-order valence-corrected chi connectivity index (χ4v) is 3.00. The van der Waals surface area contributed by atoms with Crippen molar-refractivity contribution in [1.82, 2.24) is 20.2 Å². The Morgan fingerprint density at radius 1 is 1.13 bits per heavy atom. The summed E-state index contributed by atoms with van der Waals surface area (Å²) in [6.07, 6.45) is 1.88. The third-order valence-corrected chi connectivity index (χ3v) is 4.39. The molecular weight excluding hydrogens is 310 g/mol. The van der Waals surface area contributed by atoms with E-state index in [9.17, 15) is 4.79 Å². The normalized spacial score (nSPS) is 10.9. The number of hydrogen-bond donors (Lipinski definition) is 1. The molecule has 2 aromatic heterocycles. The molecule has 1 amide bonds. The third kappa shape index (κ3) is 3.34. The number of amides is 1. The molecule has 23 heavy (non-hydrogen) atoms. The molecule has 0 aliphatic heterocycles. The maximum atomic E-state index is 12.4. The third-order valence-electron chi connectivity index (χ3n) is 3.49. The fourth-order valence-electron chi connectivity index (χ4n) is 2.16. The van der Waals surface area contributed by atoms with Gasteiger partial charge in [-0.2, -0.15) is 0 Å². The molecule has 0 spiro atoms. The van der Waals surface area contributed by atoms with Crippen molar-refractivity contribution < 1.29 is 4.79 Å². The molecule has 2 heterocycles. The van der Waals surface area contributed by atoms with Crippen molar-refractivity contribution in [2.24, 2.45) is 0 Å². The summed E-state index contributed by atoms with van der Waals surface area (Å²) in [5.41, 5.74) is 3.79. The SMILES string of the molecule is CCCc1nnc(NC(=O)c2ccc3nc(C)c(C)nc3c2)s1. The van der Waals surface area contributed by atoms with Gasteiger partial charge in [-0.15, -0.1) is 10.2 Å². The Hall–Kier alpha value is -2.41. The van der Waals surface area contributed by atoms with Crippen LogP contribution in [0, 0.1) is 13.8 Å². The quantitative estimate of drug-likeness (QED) is 0.795. The average molecular weight is 327 g/mol. The van der Waals surface area contributed by atoms with Gasteiger partial charge in [0.1, 0.15) is 5.01 Å². The molecule has 1 N–H and O–H groups in total. The molecule has 6 nitrogen and oxygen atoms in total. The fraction of sp³-hybridized carbons (Fsp3) is 0.312. The summed E-state index contributed by atoms with van der Waals surface area (Å²) in [6.45, 7) is 5.91. The zero-order chi connectivity index (χ0) is 16.4. The van der Waals surface area contributed by atoms with Crippen molar-refractivity contribution in [2.75, 3.05) is 5.32 Å². The molecule has 3 rings (SSSR count). The second-order valence-electron chi connectivity index (χ2n) is 5.30. The highest BCUT2D eigenvalue weighted by Crippen LogP contribution is 2.19. The van der Waals surface area contributed by atoms with Gasteiger partial charge in [-0.1, -0.05) is 18.3 Å². The minimum atomic E-state index is -0.217. The van der Waals surface area contributed by atoms with Gasteiger partial charge >= 0.3 is 0 Å². The lowest BCUT2D eigenvalue weighted by Crippen LogP contribution is -2.11. The second-order valence-corrected chi connectivity index (χ2v) is 6.37. The van der Waals surface area contributed by atoms with Crippen molar-refractivity contribution in [2.45, 2.75) is 33.6 Å². The molecule has 0 radical (unpaired) electrons. The lowest BCUT2D eigenvalue weighted by Gasteiger charge is -2.05. The van der Waals surface area contributed by atoms with E-state index in [0.29, 0.717) is 16.2 Å². The Balaban J connectivity index is 1.83. The minimum absolute atomic E-state index is 0.217. The highest BCUT2D eigenvalue weighted by Gasteiger charge is 2.12. The Kier molecular flexibility index (Phi) is 4.29. The molecule has 0 atom stereocenters. The van der Waals surface area contributed by atoms with Crippen molar-refractivity contribution in [3.8, 4) is 0 Å². The number of benzene rings is 1. The molecule has 0 saturated heterocycles. The first kappa shape index (κ1) is 15.5. The van der Waals surface area contributed by atoms with Gasteiger partial charge in [-0.05, 0) is 38.5 Å². The number of aromatic nitrogens is 4. The molecule has 0 unspecified atom stereocenters. The van der Waals surface area contributed by atoms with Crippen LogP contribution in [-0.4, -0.2) is 26.1 Å². The zero-order valence-corrected chi connectivity index (χ0v) is 14.1. The first-order chi connectivity index (χ1) is 11.1. The Morgan fingerprint density at radius 3 is 2.61 bits per heavy atom. The maximum absolute atomic E-state index is 12.4. The van der Waals surface area contributed by atoms with E-state index in [1.807, 2.05) is 19.9 Å². The standard InChI is InChI=1S/C16H17N5OS/c1-4-5-14-20-21-16(23-14)19-15(22)11-6-7-12-13(8-11)18-10(3)9(2)17-12/h6-8H,4-5H2,1-3H3,(H,19,21,22). The average Bonchev–Trinajstić information content (AvgIpc) is 2.95. The predicted molar refractivity (Wildman–Crippen MR) is 90.9 cm³/mol. The topological polar surface area (TPSA) is 80.7 Å². The number of nitrogens with zero attached hydrogens (tertiary/aromatic N) is 4. The van der Waals surface area contributed by atoms with Crippen LogP contribution in [0.4, 0.5) is 5.13 Å². The Morgan fingerprint density at radius 2 is 1.87 bits per heavy atom. The molecule has 118 valence electrons. The van der Waals surface area contributed by atoms with Crippen LogP contribution in [0.25, 0.3) is 11.0 Å². The lowest BCUT2D eigenvalue weighted by atomic mass is 10.1. The number of aryl methyl sites for hydroxylation is 3. The Bertz CT molecular complexity index is 874. The van der Waals surface area contributed by atoms with Crippen molar-refractivity contribution in [3.63, 3.8) is 0 Å². The van der Waals surface area contributed by atoms with Gasteiger partial charge in [0.2, 0.25) is 5.13 Å². The van der Waals surface area contributed by atoms with Gasteiger partial charge in [0.25, 0.3) is 5.91 Å². The van der Waals surface area contributed by atoms with Crippen LogP contribution in [-0.2, 0) is 6.42 Å². The van der Waals surface area contributed by atoms with Gasteiger partial charge in [-0.3, -0.25) is 10.1 Å². The van der Waals surface area contributed by atoms with Gasteiger partial charge in [-0.25, -0.2) is 9.97 Å². The first-order valence-corrected chi connectivity index (χ1v) is 8.27. The lowest BCUT2D eigenvalue weighted by molar-refractivity contribution is 0.102. The number of carbonyl (C=O) groups is 1. The van der Waals surface area contributed by atoms with Crippen LogP contribution < -0.4 is 5.32 Å². The first-order valence-electron chi connectivity index (χ1n) is 7.45. The van der Waals surface area contributed by atoms with Crippen LogP contribution >= 0.6 is 11.3 Å². The minimum Gasteiger partial charge on any atom is -0.296 e. The van der Waals surface area contributed by atoms with Gasteiger partial charge in [0, 0.05) is 12.0 Å². The molecule has 1 aromatic carbocycles. The summed E-state index contributed by atoms with van der Waals surface area (Å²) in [5, 5.41) is 12.3. The predicted octanol–water partition coefficient (Wildman–Crippen LogP) is 3.30. The summed E-state index contributed by atoms with van der Waals surface area (Å²) in [7, 11) is 0. The maximum Gasteiger partial charge on any atom is 0.257 e. The van der Waals surface area contributed by atoms with Crippen LogP contribution in [0.15, 0.2) is 18.2 Å². The van der Waals surface area contributed by atoms with Gasteiger partial charge in [0.05, 0.1) is 22.4 Å². The van der Waals surface area contributed by atoms with Crippen molar-refractivity contribution >= 4 is 33.4 Å². The second kappa shape index (κ2) is 6.37. The van der Waals surface area contributed by atoms with Crippen LogP contribution in [0.5, 0.6) is 0 Å². The van der Waals surface area contributed by atoms with Crippen molar-refractivity contribution in [3.05, 3.63) is 40.2 Å². The smallest absolute Gasteiger partial charge is 0.257 e. The Labute approximate surface area is 138 Å². The molecule has 0 bridgehead atoms. The van der Waals surface area contributed by atoms with E-state index in [0.717, 1.165) is 34.8 Å². The van der Waals surface area contributed by atoms with Gasteiger partial charge < -0.3 is 0 Å². The summed E-state index contributed by atoms with van der Waals surface area (Å²) in [5.74, 6) is -0.217. The molecule has 0 aliphatic rings. The van der Waals surface area contributed by atoms with Crippen LogP contribution in [0.3, 0.4) is 0 Å². The summed E-state index contributed by atoms with van der Waals surface area (Å²) < 4.78 is 0. The summed E-state index contributed by atoms with van der Waals surface area (Å²) in [4.78, 5) is 21.3. The van der Waals surface area contributed by atoms with Crippen molar-refractivity contribution in [1.29, 1.82) is 0 Å². The van der Waals surface area contributed by atoms with Crippen LogP contribution in [0.2, 0.25) is 0 Å². The molecule has 0 saturated carbocycles. The number of rotatable bonds is 4.